The fourth-order valence-electron chi connectivity index (χ4n) is 3.01. The van der Waals surface area contributed by atoms with Gasteiger partial charge in [-0.3, -0.25) is 4.79 Å². The van der Waals surface area contributed by atoms with Crippen LogP contribution in [0.5, 0.6) is 0 Å². The molecule has 154 valence electrons. The Bertz CT molecular complexity index is 847. The number of para-hydroxylation sites is 1. The van der Waals surface area contributed by atoms with E-state index in [1.165, 1.54) is 17.9 Å². The molecule has 0 spiro atoms. The number of hydrogen-bond donors (Lipinski definition) is 2. The minimum atomic E-state index is -1.22. The molecule has 2 N–H and O–H groups in total. The van der Waals surface area contributed by atoms with Crippen molar-refractivity contribution in [3.05, 3.63) is 65.2 Å². The number of anilines is 1. The number of amides is 1. The number of quaternary nitrogens is 1. The molecule has 1 aliphatic rings. The monoisotopic (exact) mass is 405 g/mol. The average molecular weight is 405 g/mol. The van der Waals surface area contributed by atoms with Crippen molar-refractivity contribution < 1.29 is 32.7 Å². The SMILES string of the molecule is C[C@H](OC(=O)c1ccc(C[NH+]2CCOCC2)cc1)C(=O)Nc1c(F)cccc1F. The van der Waals surface area contributed by atoms with E-state index in [0.29, 0.717) is 5.56 Å². The number of halogens is 2. The highest BCUT2D eigenvalue weighted by molar-refractivity contribution is 5.97. The van der Waals surface area contributed by atoms with Gasteiger partial charge in [-0.25, -0.2) is 13.6 Å². The zero-order chi connectivity index (χ0) is 20.8. The third kappa shape index (κ3) is 5.58. The van der Waals surface area contributed by atoms with Gasteiger partial charge in [0.1, 0.15) is 37.0 Å². The molecule has 0 radical (unpaired) electrons. The lowest BCUT2D eigenvalue weighted by Gasteiger charge is -2.23. The molecule has 2 aromatic carbocycles. The van der Waals surface area contributed by atoms with Crippen molar-refractivity contribution in [2.75, 3.05) is 31.6 Å². The Kier molecular flexibility index (Phi) is 6.90. The van der Waals surface area contributed by atoms with E-state index in [-0.39, 0.29) is 0 Å². The van der Waals surface area contributed by atoms with Crippen molar-refractivity contribution in [3.8, 4) is 0 Å². The summed E-state index contributed by atoms with van der Waals surface area (Å²) < 4.78 is 37.7. The highest BCUT2D eigenvalue weighted by Gasteiger charge is 2.22. The molecule has 6 nitrogen and oxygen atoms in total. The summed E-state index contributed by atoms with van der Waals surface area (Å²) in [6, 6.07) is 10.2. The lowest BCUT2D eigenvalue weighted by atomic mass is 10.1. The Labute approximate surface area is 167 Å². The van der Waals surface area contributed by atoms with Gasteiger partial charge in [0.25, 0.3) is 5.91 Å². The van der Waals surface area contributed by atoms with Crippen LogP contribution in [-0.4, -0.2) is 44.3 Å². The number of rotatable bonds is 6. The molecule has 0 saturated carbocycles. The maximum atomic E-state index is 13.6. The fraction of sp³-hybridized carbons (Fsp3) is 0.333. The van der Waals surface area contributed by atoms with Crippen LogP contribution in [0.3, 0.4) is 0 Å². The molecular formula is C21H23F2N2O4+. The second-order valence-corrected chi connectivity index (χ2v) is 6.87. The molecule has 3 rings (SSSR count). The van der Waals surface area contributed by atoms with Gasteiger partial charge in [-0.05, 0) is 31.2 Å². The van der Waals surface area contributed by atoms with Crippen molar-refractivity contribution >= 4 is 17.6 Å². The topological polar surface area (TPSA) is 69.1 Å². The molecule has 1 fully saturated rings. The largest absolute Gasteiger partial charge is 0.449 e. The Morgan fingerprint density at radius 1 is 1.10 bits per heavy atom. The second-order valence-electron chi connectivity index (χ2n) is 6.87. The first-order valence-corrected chi connectivity index (χ1v) is 9.40. The van der Waals surface area contributed by atoms with Crippen LogP contribution in [0.2, 0.25) is 0 Å². The van der Waals surface area contributed by atoms with Gasteiger partial charge in [-0.1, -0.05) is 18.2 Å². The van der Waals surface area contributed by atoms with Crippen LogP contribution in [0.1, 0.15) is 22.8 Å². The Balaban J connectivity index is 1.55. The molecule has 29 heavy (non-hydrogen) atoms. The molecule has 0 unspecified atom stereocenters. The minimum absolute atomic E-state index is 0.294. The Morgan fingerprint density at radius 2 is 1.72 bits per heavy atom. The zero-order valence-corrected chi connectivity index (χ0v) is 16.0. The van der Waals surface area contributed by atoms with E-state index in [1.807, 2.05) is 12.1 Å². The van der Waals surface area contributed by atoms with Crippen LogP contribution in [0, 0.1) is 11.6 Å². The lowest BCUT2D eigenvalue weighted by Crippen LogP contribution is -3.12. The van der Waals surface area contributed by atoms with Gasteiger partial charge in [-0.15, -0.1) is 0 Å². The minimum Gasteiger partial charge on any atom is -0.449 e. The summed E-state index contributed by atoms with van der Waals surface area (Å²) in [5.41, 5.74) is 0.803. The molecule has 1 aliphatic heterocycles. The number of morpholine rings is 1. The Hall–Kier alpha value is -2.84. The number of ether oxygens (including phenoxy) is 2. The van der Waals surface area contributed by atoms with Gasteiger partial charge >= 0.3 is 5.97 Å². The highest BCUT2D eigenvalue weighted by atomic mass is 19.1. The molecule has 0 aliphatic carbocycles. The van der Waals surface area contributed by atoms with E-state index < -0.39 is 35.3 Å². The third-order valence-corrected chi connectivity index (χ3v) is 4.71. The standard InChI is InChI=1S/C21H22F2N2O4/c1-14(20(26)24-19-17(22)3-2-4-18(19)23)29-21(27)16-7-5-15(6-8-16)13-25-9-11-28-12-10-25/h2-8,14H,9-13H2,1H3,(H,24,26)/p+1/t14-/m0/s1. The van der Waals surface area contributed by atoms with E-state index >= 15 is 0 Å². The fourth-order valence-corrected chi connectivity index (χ4v) is 3.01. The van der Waals surface area contributed by atoms with Crippen LogP contribution in [0.15, 0.2) is 42.5 Å². The molecule has 8 heteroatoms. The molecule has 2 aromatic rings. The number of hydrogen-bond acceptors (Lipinski definition) is 4. The molecule has 0 bridgehead atoms. The number of nitrogens with one attached hydrogen (secondary N) is 2. The first-order chi connectivity index (χ1) is 13.9. The van der Waals surface area contributed by atoms with Crippen molar-refractivity contribution in [1.82, 2.24) is 0 Å². The summed E-state index contributed by atoms with van der Waals surface area (Å²) in [5, 5.41) is 2.11. The van der Waals surface area contributed by atoms with E-state index in [0.717, 1.165) is 50.5 Å². The predicted octanol–water partition coefficient (Wildman–Crippen LogP) is 1.56. The van der Waals surface area contributed by atoms with Crippen molar-refractivity contribution in [2.24, 2.45) is 0 Å². The van der Waals surface area contributed by atoms with Gasteiger partial charge in [0.2, 0.25) is 0 Å². The molecular weight excluding hydrogens is 382 g/mol. The zero-order valence-electron chi connectivity index (χ0n) is 16.0. The van der Waals surface area contributed by atoms with Crippen molar-refractivity contribution in [3.63, 3.8) is 0 Å². The van der Waals surface area contributed by atoms with Gasteiger partial charge in [0.05, 0.1) is 18.8 Å². The summed E-state index contributed by atoms with van der Waals surface area (Å²) in [5.74, 6) is -3.33. The lowest BCUT2D eigenvalue weighted by molar-refractivity contribution is -0.921. The molecule has 1 amide bonds. The van der Waals surface area contributed by atoms with Gasteiger partial charge in [0.15, 0.2) is 6.10 Å². The van der Waals surface area contributed by atoms with Crippen molar-refractivity contribution in [1.29, 1.82) is 0 Å². The molecule has 1 saturated heterocycles. The quantitative estimate of drug-likeness (QED) is 0.716. The third-order valence-electron chi connectivity index (χ3n) is 4.71. The summed E-state index contributed by atoms with van der Waals surface area (Å²) in [6.45, 7) is 5.55. The van der Waals surface area contributed by atoms with Crippen LogP contribution in [0.25, 0.3) is 0 Å². The van der Waals surface area contributed by atoms with Crippen LogP contribution in [0.4, 0.5) is 14.5 Å². The average Bonchev–Trinajstić information content (AvgIpc) is 2.72. The molecule has 1 heterocycles. The van der Waals surface area contributed by atoms with E-state index in [4.69, 9.17) is 9.47 Å². The van der Waals surface area contributed by atoms with Gasteiger partial charge < -0.3 is 19.7 Å². The maximum absolute atomic E-state index is 13.6. The van der Waals surface area contributed by atoms with Gasteiger partial charge in [0, 0.05) is 5.56 Å². The molecule has 0 aromatic heterocycles. The first kappa shape index (κ1) is 20.9. The smallest absolute Gasteiger partial charge is 0.338 e. The summed E-state index contributed by atoms with van der Waals surface area (Å²) in [4.78, 5) is 25.8. The maximum Gasteiger partial charge on any atom is 0.338 e. The van der Waals surface area contributed by atoms with Crippen LogP contribution in [-0.2, 0) is 20.8 Å². The predicted molar refractivity (Wildman–Crippen MR) is 102 cm³/mol. The van der Waals surface area contributed by atoms with Crippen LogP contribution < -0.4 is 10.2 Å². The van der Waals surface area contributed by atoms with Gasteiger partial charge in [-0.2, -0.15) is 0 Å². The van der Waals surface area contributed by atoms with E-state index in [9.17, 15) is 18.4 Å². The second kappa shape index (κ2) is 9.58. The summed E-state index contributed by atoms with van der Waals surface area (Å²) in [6.07, 6.45) is -1.22. The first-order valence-electron chi connectivity index (χ1n) is 9.40. The number of carbonyl (C=O) groups is 2. The summed E-state index contributed by atoms with van der Waals surface area (Å²) >= 11 is 0. The number of benzene rings is 2. The molecule has 1 atom stereocenters. The summed E-state index contributed by atoms with van der Waals surface area (Å²) in [7, 11) is 0. The number of esters is 1. The van der Waals surface area contributed by atoms with E-state index in [2.05, 4.69) is 5.32 Å². The van der Waals surface area contributed by atoms with Crippen LogP contribution >= 0.6 is 0 Å². The van der Waals surface area contributed by atoms with E-state index in [1.54, 1.807) is 12.1 Å². The normalized spacial score (nSPS) is 15.6. The Morgan fingerprint density at radius 3 is 2.34 bits per heavy atom. The highest BCUT2D eigenvalue weighted by Crippen LogP contribution is 2.18. The van der Waals surface area contributed by atoms with Crippen molar-refractivity contribution in [2.45, 2.75) is 19.6 Å². The number of carbonyl (C=O) groups excluding carboxylic acids is 2.